The van der Waals surface area contributed by atoms with Crippen molar-refractivity contribution >= 4 is 26.7 Å². The van der Waals surface area contributed by atoms with E-state index in [9.17, 15) is 0 Å². The first kappa shape index (κ1) is 16.4. The summed E-state index contributed by atoms with van der Waals surface area (Å²) in [7, 11) is 2.06. The van der Waals surface area contributed by atoms with Gasteiger partial charge in [0.05, 0.1) is 10.2 Å². The zero-order chi connectivity index (χ0) is 18.2. The van der Waals surface area contributed by atoms with E-state index in [1.165, 1.54) is 4.70 Å². The van der Waals surface area contributed by atoms with Crippen LogP contribution in [0.5, 0.6) is 0 Å². The first-order valence-electron chi connectivity index (χ1n) is 9.24. The van der Waals surface area contributed by atoms with Gasteiger partial charge in [-0.25, -0.2) is 4.98 Å². The van der Waals surface area contributed by atoms with E-state index in [0.29, 0.717) is 12.5 Å². The molecule has 5 rings (SSSR count). The Kier molecular flexibility index (Phi) is 4.12. The number of fused-ring (bicyclic) bond motifs is 1. The first-order valence-corrected chi connectivity index (χ1v) is 10.1. The Balaban J connectivity index is 1.28. The molecule has 1 aromatic carbocycles. The number of thiazole rings is 1. The first-order chi connectivity index (χ1) is 13.3. The van der Waals surface area contributed by atoms with E-state index < -0.39 is 0 Å². The maximum absolute atomic E-state index is 4.80. The van der Waals surface area contributed by atoms with Crippen LogP contribution in [0.15, 0.2) is 42.7 Å². The fourth-order valence-corrected chi connectivity index (χ4v) is 4.75. The second kappa shape index (κ2) is 6.77. The van der Waals surface area contributed by atoms with Gasteiger partial charge < -0.3 is 9.47 Å². The minimum atomic E-state index is 0.444. The number of rotatable bonds is 4. The molecule has 0 atom stereocenters. The van der Waals surface area contributed by atoms with E-state index in [2.05, 4.69) is 50.0 Å². The molecule has 0 bridgehead atoms. The van der Waals surface area contributed by atoms with Crippen LogP contribution in [-0.2, 0) is 13.6 Å². The zero-order valence-electron chi connectivity index (χ0n) is 15.2. The highest BCUT2D eigenvalue weighted by molar-refractivity contribution is 7.22. The molecule has 4 heterocycles. The van der Waals surface area contributed by atoms with Crippen LogP contribution in [0.3, 0.4) is 0 Å². The van der Waals surface area contributed by atoms with Crippen molar-refractivity contribution in [3.8, 4) is 0 Å². The molecule has 27 heavy (non-hydrogen) atoms. The molecule has 7 nitrogen and oxygen atoms in total. The summed E-state index contributed by atoms with van der Waals surface area (Å²) in [4.78, 5) is 7.20. The Labute approximate surface area is 161 Å². The number of nitrogens with zero attached hydrogens (tertiary/aromatic N) is 7. The quantitative estimate of drug-likeness (QED) is 0.545. The maximum atomic E-state index is 4.80. The van der Waals surface area contributed by atoms with Crippen molar-refractivity contribution in [3.05, 3.63) is 54.4 Å². The minimum absolute atomic E-state index is 0.444. The van der Waals surface area contributed by atoms with Crippen molar-refractivity contribution in [2.45, 2.75) is 25.3 Å². The standard InChI is InChI=1S/C19H21N7S/c1-24-17(13-26-10-4-9-20-26)22-23-18(24)14-7-11-25(12-8-14)19-21-15-5-2-3-6-16(15)27-19/h2-6,9-10,14H,7-8,11-13H2,1H3. The fraction of sp³-hybridized carbons (Fsp3) is 0.368. The summed E-state index contributed by atoms with van der Waals surface area (Å²) < 4.78 is 5.27. The molecule has 1 fully saturated rings. The fourth-order valence-electron chi connectivity index (χ4n) is 3.73. The molecule has 0 radical (unpaired) electrons. The lowest BCUT2D eigenvalue weighted by Crippen LogP contribution is -2.33. The molecule has 1 saturated heterocycles. The molecule has 8 heteroatoms. The van der Waals surface area contributed by atoms with E-state index in [0.717, 1.165) is 48.2 Å². The Morgan fingerprint density at radius 2 is 1.96 bits per heavy atom. The van der Waals surface area contributed by atoms with Crippen LogP contribution in [-0.4, -0.2) is 42.6 Å². The number of hydrogen-bond acceptors (Lipinski definition) is 6. The molecule has 0 aliphatic carbocycles. The molecule has 0 N–H and O–H groups in total. The summed E-state index contributed by atoms with van der Waals surface area (Å²) in [5.74, 6) is 2.47. The van der Waals surface area contributed by atoms with Gasteiger partial charge in [0.15, 0.2) is 11.0 Å². The lowest BCUT2D eigenvalue weighted by Gasteiger charge is -2.31. The molecule has 0 spiro atoms. The van der Waals surface area contributed by atoms with Gasteiger partial charge in [0.2, 0.25) is 0 Å². The van der Waals surface area contributed by atoms with Gasteiger partial charge in [-0.15, -0.1) is 10.2 Å². The lowest BCUT2D eigenvalue weighted by atomic mass is 9.96. The van der Waals surface area contributed by atoms with Crippen molar-refractivity contribution in [1.29, 1.82) is 0 Å². The molecule has 0 saturated carbocycles. The summed E-state index contributed by atoms with van der Waals surface area (Å²) in [6.07, 6.45) is 5.88. The van der Waals surface area contributed by atoms with Gasteiger partial charge in [0.1, 0.15) is 12.4 Å². The van der Waals surface area contributed by atoms with Gasteiger partial charge in [-0.3, -0.25) is 4.68 Å². The summed E-state index contributed by atoms with van der Waals surface area (Å²) >= 11 is 1.78. The summed E-state index contributed by atoms with van der Waals surface area (Å²) in [6, 6.07) is 10.3. The van der Waals surface area contributed by atoms with Crippen LogP contribution in [0.2, 0.25) is 0 Å². The van der Waals surface area contributed by atoms with E-state index >= 15 is 0 Å². The topological polar surface area (TPSA) is 64.7 Å². The van der Waals surface area contributed by atoms with E-state index in [1.807, 2.05) is 23.0 Å². The number of para-hydroxylation sites is 1. The van der Waals surface area contributed by atoms with Gasteiger partial charge in [-0.05, 0) is 31.0 Å². The van der Waals surface area contributed by atoms with Crippen molar-refractivity contribution < 1.29 is 0 Å². The predicted molar refractivity (Wildman–Crippen MR) is 106 cm³/mol. The zero-order valence-corrected chi connectivity index (χ0v) is 16.0. The molecular weight excluding hydrogens is 358 g/mol. The van der Waals surface area contributed by atoms with Crippen molar-refractivity contribution in [2.75, 3.05) is 18.0 Å². The predicted octanol–water partition coefficient (Wildman–Crippen LogP) is 3.05. The molecule has 0 unspecified atom stereocenters. The molecule has 0 amide bonds. The average molecular weight is 379 g/mol. The van der Waals surface area contributed by atoms with Crippen LogP contribution >= 0.6 is 11.3 Å². The van der Waals surface area contributed by atoms with Crippen LogP contribution in [0.25, 0.3) is 10.2 Å². The monoisotopic (exact) mass is 379 g/mol. The molecular formula is C19H21N7S. The van der Waals surface area contributed by atoms with Crippen LogP contribution in [0.1, 0.15) is 30.4 Å². The number of hydrogen-bond donors (Lipinski definition) is 0. The van der Waals surface area contributed by atoms with Gasteiger partial charge >= 0.3 is 0 Å². The normalized spacial score (nSPS) is 15.7. The van der Waals surface area contributed by atoms with Crippen LogP contribution in [0.4, 0.5) is 5.13 Å². The number of aromatic nitrogens is 6. The number of piperidine rings is 1. The SMILES string of the molecule is Cn1c(Cn2cccn2)nnc1C1CCN(c2nc3ccccc3s2)CC1. The molecule has 3 aromatic heterocycles. The third-order valence-corrected chi connectivity index (χ3v) is 6.37. The summed E-state index contributed by atoms with van der Waals surface area (Å²) in [5.41, 5.74) is 1.09. The van der Waals surface area contributed by atoms with Crippen molar-refractivity contribution in [3.63, 3.8) is 0 Å². The smallest absolute Gasteiger partial charge is 0.186 e. The second-order valence-corrected chi connectivity index (χ2v) is 7.97. The van der Waals surface area contributed by atoms with Gasteiger partial charge in [0.25, 0.3) is 0 Å². The van der Waals surface area contributed by atoms with Gasteiger partial charge in [-0.2, -0.15) is 5.10 Å². The Morgan fingerprint density at radius 3 is 2.74 bits per heavy atom. The van der Waals surface area contributed by atoms with E-state index in [1.54, 1.807) is 17.5 Å². The highest BCUT2D eigenvalue weighted by Crippen LogP contribution is 2.33. The highest BCUT2D eigenvalue weighted by Gasteiger charge is 2.26. The van der Waals surface area contributed by atoms with Crippen molar-refractivity contribution in [2.24, 2.45) is 7.05 Å². The van der Waals surface area contributed by atoms with E-state index in [4.69, 9.17) is 4.98 Å². The molecule has 1 aliphatic heterocycles. The third-order valence-electron chi connectivity index (χ3n) is 5.27. The largest absolute Gasteiger partial charge is 0.348 e. The summed E-state index contributed by atoms with van der Waals surface area (Å²) in [6.45, 7) is 2.67. The Hall–Kier alpha value is -2.74. The maximum Gasteiger partial charge on any atom is 0.186 e. The van der Waals surface area contributed by atoms with Crippen molar-refractivity contribution in [1.82, 2.24) is 29.5 Å². The number of anilines is 1. The second-order valence-electron chi connectivity index (χ2n) is 6.96. The molecule has 138 valence electrons. The molecule has 4 aromatic rings. The van der Waals surface area contributed by atoms with Crippen LogP contribution < -0.4 is 4.90 Å². The van der Waals surface area contributed by atoms with Crippen LogP contribution in [0, 0.1) is 0 Å². The summed E-state index contributed by atoms with van der Waals surface area (Å²) in [5, 5.41) is 14.3. The Morgan fingerprint density at radius 1 is 1.11 bits per heavy atom. The Bertz CT molecular complexity index is 1010. The van der Waals surface area contributed by atoms with Gasteiger partial charge in [-0.1, -0.05) is 23.5 Å². The number of benzene rings is 1. The van der Waals surface area contributed by atoms with E-state index in [-0.39, 0.29) is 0 Å². The third kappa shape index (κ3) is 3.10. The lowest BCUT2D eigenvalue weighted by molar-refractivity contribution is 0.471. The molecule has 1 aliphatic rings. The van der Waals surface area contributed by atoms with Gasteiger partial charge in [0, 0.05) is 38.4 Å². The average Bonchev–Trinajstić information content (AvgIpc) is 3.43. The highest BCUT2D eigenvalue weighted by atomic mass is 32.1. The minimum Gasteiger partial charge on any atom is -0.348 e.